The number of halogens is 2. The fourth-order valence-corrected chi connectivity index (χ4v) is 4.72. The third-order valence-corrected chi connectivity index (χ3v) is 6.50. The normalized spacial score (nSPS) is 11.4. The van der Waals surface area contributed by atoms with Crippen molar-refractivity contribution in [3.8, 4) is 22.8 Å². The number of carboxylic acids is 1. The molecule has 0 aliphatic rings. The van der Waals surface area contributed by atoms with E-state index in [0.29, 0.717) is 34.3 Å². The number of alkyl halides is 2. The summed E-state index contributed by atoms with van der Waals surface area (Å²) in [5.41, 5.74) is 8.34. The van der Waals surface area contributed by atoms with Gasteiger partial charge in [-0.3, -0.25) is 9.59 Å². The summed E-state index contributed by atoms with van der Waals surface area (Å²) in [5.74, 6) is -1.05. The van der Waals surface area contributed by atoms with Crippen LogP contribution < -0.4 is 20.1 Å². The number of carbonyl (C=O) groups is 2. The van der Waals surface area contributed by atoms with Crippen molar-refractivity contribution >= 4 is 44.8 Å². The van der Waals surface area contributed by atoms with Gasteiger partial charge in [-0.2, -0.15) is 8.78 Å². The zero-order chi connectivity index (χ0) is 26.7. The molecule has 2 aromatic carbocycles. The maximum absolute atomic E-state index is 13.6. The average molecular weight is 528 g/mol. The van der Waals surface area contributed by atoms with E-state index in [9.17, 15) is 23.5 Å². The molecule has 0 spiro atoms. The smallest absolute Gasteiger partial charge is 0.394 e. The molecular formula is C26H23F2N3O5S. The molecule has 0 fully saturated rings. The number of thiophene rings is 1. The molecule has 4 rings (SSSR count). The van der Waals surface area contributed by atoms with Crippen LogP contribution in [-0.4, -0.2) is 41.7 Å². The number of fused-ring (bicyclic) bond motifs is 1. The second-order valence-electron chi connectivity index (χ2n) is 8.13. The number of nitrogens with zero attached hydrogens (tertiary/aromatic N) is 2. The summed E-state index contributed by atoms with van der Waals surface area (Å²) >= 11 is 1.09. The predicted molar refractivity (Wildman–Crippen MR) is 138 cm³/mol. The quantitative estimate of drug-likeness (QED) is 0.288. The Morgan fingerprint density at radius 3 is 2.49 bits per heavy atom. The summed E-state index contributed by atoms with van der Waals surface area (Å²) in [5, 5.41) is 9.79. The van der Waals surface area contributed by atoms with Crippen molar-refractivity contribution in [1.82, 2.24) is 4.98 Å². The van der Waals surface area contributed by atoms with Crippen LogP contribution in [-0.2, 0) is 4.79 Å². The number of nitrogens with two attached hydrogens (primary N) is 1. The summed E-state index contributed by atoms with van der Waals surface area (Å²) in [6.07, 6.45) is -3.71. The third-order valence-electron chi connectivity index (χ3n) is 5.39. The summed E-state index contributed by atoms with van der Waals surface area (Å²) in [4.78, 5) is 31.5. The van der Waals surface area contributed by atoms with Crippen LogP contribution in [0.4, 0.5) is 20.2 Å². The maximum Gasteiger partial charge on any atom is 0.394 e. The number of hydrogen-bond acceptors (Lipinski definition) is 7. The van der Waals surface area contributed by atoms with E-state index in [0.717, 1.165) is 16.9 Å². The van der Waals surface area contributed by atoms with Gasteiger partial charge in [-0.25, -0.2) is 4.98 Å². The Labute approximate surface area is 214 Å². The van der Waals surface area contributed by atoms with Gasteiger partial charge in [0.2, 0.25) is 0 Å². The van der Waals surface area contributed by atoms with Gasteiger partial charge in [0.1, 0.15) is 21.2 Å². The van der Waals surface area contributed by atoms with E-state index in [-0.39, 0.29) is 29.3 Å². The number of hydrogen-bond donors (Lipinski definition) is 2. The van der Waals surface area contributed by atoms with E-state index >= 15 is 0 Å². The molecule has 1 amide bonds. The number of ether oxygens (including phenoxy) is 2. The largest absolute Gasteiger partial charge is 0.497 e. The van der Waals surface area contributed by atoms with E-state index in [1.54, 1.807) is 19.2 Å². The second-order valence-corrected chi connectivity index (χ2v) is 9.13. The number of anilines is 2. The first-order valence-corrected chi connectivity index (χ1v) is 11.9. The number of carboxylic acid groups (broad SMARTS) is 1. The van der Waals surface area contributed by atoms with E-state index < -0.39 is 18.0 Å². The monoisotopic (exact) mass is 527 g/mol. The lowest BCUT2D eigenvalue weighted by Gasteiger charge is -2.22. The van der Waals surface area contributed by atoms with Gasteiger partial charge in [0.25, 0.3) is 5.91 Å². The lowest BCUT2D eigenvalue weighted by atomic mass is 10.1. The van der Waals surface area contributed by atoms with Gasteiger partial charge >= 0.3 is 12.1 Å². The highest BCUT2D eigenvalue weighted by atomic mass is 32.1. The van der Waals surface area contributed by atoms with Crippen LogP contribution in [0.25, 0.3) is 21.5 Å². The van der Waals surface area contributed by atoms with Crippen molar-refractivity contribution in [3.63, 3.8) is 0 Å². The molecule has 2 aromatic heterocycles. The first-order chi connectivity index (χ1) is 17.6. The third kappa shape index (κ3) is 5.95. The highest BCUT2D eigenvalue weighted by Gasteiger charge is 2.26. The number of amides is 1. The Hall–Kier alpha value is -4.25. The zero-order valence-electron chi connectivity index (χ0n) is 19.9. The molecule has 0 atom stereocenters. The Bertz CT molecular complexity index is 1450. The van der Waals surface area contributed by atoms with Gasteiger partial charge < -0.3 is 25.2 Å². The molecule has 192 valence electrons. The average Bonchev–Trinajstić information content (AvgIpc) is 3.19. The minimum absolute atomic E-state index is 0.0995. The number of pyridine rings is 1. The van der Waals surface area contributed by atoms with Crippen molar-refractivity contribution in [3.05, 3.63) is 65.5 Å². The molecule has 0 saturated heterocycles. The van der Waals surface area contributed by atoms with Crippen LogP contribution >= 0.6 is 11.3 Å². The summed E-state index contributed by atoms with van der Waals surface area (Å²) in [6, 6.07) is 16.3. The molecule has 4 aromatic rings. The van der Waals surface area contributed by atoms with Gasteiger partial charge in [0.05, 0.1) is 24.9 Å². The molecule has 8 nitrogen and oxygen atoms in total. The topological polar surface area (TPSA) is 115 Å². The molecule has 0 bridgehead atoms. The standard InChI is InChI=1S/C26H23F2N3O5S/c1-26(27,28)36-17-8-6-16(7-9-17)31(13-12-21(32)33)25(34)23-22(29)19-10-11-20(30-24(19)37-23)15-4-3-5-18(14-15)35-2/h3-11,14H,12-13,29H2,1-2H3,(H,32,33). The van der Waals surface area contributed by atoms with Crippen molar-refractivity contribution in [1.29, 1.82) is 0 Å². The summed E-state index contributed by atoms with van der Waals surface area (Å²) in [7, 11) is 1.57. The first kappa shape index (κ1) is 25.8. The fraction of sp³-hybridized carbons (Fsp3) is 0.192. The lowest BCUT2D eigenvalue weighted by Crippen LogP contribution is -2.33. The molecule has 0 saturated carbocycles. The van der Waals surface area contributed by atoms with Crippen molar-refractivity contribution in [2.24, 2.45) is 0 Å². The number of methoxy groups -OCH3 is 1. The van der Waals surface area contributed by atoms with Gasteiger partial charge in [-0.1, -0.05) is 12.1 Å². The lowest BCUT2D eigenvalue weighted by molar-refractivity contribution is -0.159. The van der Waals surface area contributed by atoms with Crippen LogP contribution in [0.15, 0.2) is 60.7 Å². The van der Waals surface area contributed by atoms with Crippen molar-refractivity contribution in [2.75, 3.05) is 24.3 Å². The molecule has 0 radical (unpaired) electrons. The molecule has 2 heterocycles. The van der Waals surface area contributed by atoms with E-state index in [1.165, 1.54) is 29.2 Å². The number of carbonyl (C=O) groups excluding carboxylic acids is 1. The highest BCUT2D eigenvalue weighted by Crippen LogP contribution is 2.36. The molecule has 3 N–H and O–H groups in total. The summed E-state index contributed by atoms with van der Waals surface area (Å²) in [6.45, 7) is 0.454. The van der Waals surface area contributed by atoms with Crippen molar-refractivity contribution in [2.45, 2.75) is 19.5 Å². The molecule has 0 aliphatic heterocycles. The Morgan fingerprint density at radius 1 is 1.11 bits per heavy atom. The SMILES string of the molecule is COc1cccc(-c2ccc3c(N)c(C(=O)N(CCC(=O)O)c4ccc(OC(C)(F)F)cc4)sc3n2)c1. The van der Waals surface area contributed by atoms with Gasteiger partial charge in [-0.15, -0.1) is 11.3 Å². The second kappa shape index (κ2) is 10.4. The molecular weight excluding hydrogens is 504 g/mol. The maximum atomic E-state index is 13.6. The van der Waals surface area contributed by atoms with Gasteiger partial charge in [-0.05, 0) is 48.5 Å². The summed E-state index contributed by atoms with van der Waals surface area (Å²) < 4.78 is 36.2. The number of nitrogen functional groups attached to an aromatic ring is 1. The fourth-order valence-electron chi connectivity index (χ4n) is 3.68. The molecule has 0 unspecified atom stereocenters. The van der Waals surface area contributed by atoms with Gasteiger partial charge in [0, 0.05) is 30.1 Å². The van der Waals surface area contributed by atoms with Crippen molar-refractivity contribution < 1.29 is 33.0 Å². The van der Waals surface area contributed by atoms with Crippen LogP contribution in [0.1, 0.15) is 23.0 Å². The van der Waals surface area contributed by atoms with Gasteiger partial charge in [0.15, 0.2) is 0 Å². The first-order valence-electron chi connectivity index (χ1n) is 11.1. The van der Waals surface area contributed by atoms with E-state index in [1.807, 2.05) is 24.3 Å². The van der Waals surface area contributed by atoms with Crippen LogP contribution in [0.5, 0.6) is 11.5 Å². The number of aromatic nitrogens is 1. The number of benzene rings is 2. The van der Waals surface area contributed by atoms with Crippen LogP contribution in [0, 0.1) is 0 Å². The Morgan fingerprint density at radius 2 is 1.84 bits per heavy atom. The minimum Gasteiger partial charge on any atom is -0.497 e. The van der Waals surface area contributed by atoms with Crippen LogP contribution in [0.3, 0.4) is 0 Å². The predicted octanol–water partition coefficient (Wildman–Crippen LogP) is 5.67. The molecule has 37 heavy (non-hydrogen) atoms. The van der Waals surface area contributed by atoms with Crippen LogP contribution in [0.2, 0.25) is 0 Å². The Kier molecular flexibility index (Phi) is 7.25. The highest BCUT2D eigenvalue weighted by molar-refractivity contribution is 7.21. The Balaban J connectivity index is 1.69. The number of rotatable bonds is 9. The van der Waals surface area contributed by atoms with E-state index in [4.69, 9.17) is 10.5 Å². The molecule has 11 heteroatoms. The molecule has 0 aliphatic carbocycles. The zero-order valence-corrected chi connectivity index (χ0v) is 20.7. The minimum atomic E-state index is -3.37. The number of aliphatic carboxylic acids is 1. The van der Waals surface area contributed by atoms with E-state index in [2.05, 4.69) is 9.72 Å².